The third-order valence-electron chi connectivity index (χ3n) is 6.00. The smallest absolute Gasteiger partial charge is 0.251 e. The summed E-state index contributed by atoms with van der Waals surface area (Å²) in [6.45, 7) is 6.76. The third-order valence-corrected chi connectivity index (χ3v) is 7.26. The predicted octanol–water partition coefficient (Wildman–Crippen LogP) is 5.57. The van der Waals surface area contributed by atoms with Crippen LogP contribution in [-0.2, 0) is 11.3 Å². The van der Waals surface area contributed by atoms with E-state index in [0.717, 1.165) is 16.7 Å². The van der Waals surface area contributed by atoms with E-state index in [2.05, 4.69) is 37.4 Å². The minimum atomic E-state index is -0.0985. The van der Waals surface area contributed by atoms with Gasteiger partial charge in [0.25, 0.3) is 5.91 Å². The molecule has 3 aromatic rings. The normalized spacial score (nSPS) is 16.8. The van der Waals surface area contributed by atoms with Crippen LogP contribution < -0.4 is 5.32 Å². The molecule has 1 N–H and O–H groups in total. The lowest BCUT2D eigenvalue weighted by atomic mass is 10.0. The first-order valence-electron chi connectivity index (χ1n) is 10.9. The lowest BCUT2D eigenvalue weighted by molar-refractivity contribution is -0.128. The molecular weight excluding hydrogens is 416 g/mol. The Morgan fingerprint density at radius 3 is 2.44 bits per heavy atom. The maximum absolute atomic E-state index is 12.8. The van der Waals surface area contributed by atoms with Gasteiger partial charge in [0.1, 0.15) is 5.37 Å². The predicted molar refractivity (Wildman–Crippen MR) is 130 cm³/mol. The summed E-state index contributed by atoms with van der Waals surface area (Å²) >= 11 is 1.63. The Kier molecular flexibility index (Phi) is 6.66. The molecule has 164 valence electrons. The summed E-state index contributed by atoms with van der Waals surface area (Å²) in [5.41, 5.74) is 6.33. The van der Waals surface area contributed by atoms with Gasteiger partial charge in [-0.2, -0.15) is 0 Å². The highest BCUT2D eigenvalue weighted by molar-refractivity contribution is 8.00. The molecule has 1 saturated heterocycles. The number of rotatable bonds is 6. The molecule has 0 bridgehead atoms. The van der Waals surface area contributed by atoms with Gasteiger partial charge in [-0.15, -0.1) is 11.8 Å². The number of carbonyl (C=O) groups excluding carboxylic acids is 2. The number of nitrogens with one attached hydrogen (secondary N) is 1. The van der Waals surface area contributed by atoms with Crippen molar-refractivity contribution in [3.63, 3.8) is 0 Å². The standard InChI is InChI=1S/C27H28N2O2S/c1-18-9-10-24(15-19(18)2)20(3)28-26(31)22-11-13-23(14-12-22)27-29(25(30)17-32-27)16-21-7-5-4-6-8-21/h4-15,20,27H,16-17H2,1-3H3,(H,28,31)/t20-,27+/m1/s1. The fraction of sp³-hybridized carbons (Fsp3) is 0.259. The van der Waals surface area contributed by atoms with E-state index in [1.54, 1.807) is 11.8 Å². The summed E-state index contributed by atoms with van der Waals surface area (Å²) < 4.78 is 0. The molecule has 4 nitrogen and oxygen atoms in total. The molecule has 1 fully saturated rings. The molecule has 0 aromatic heterocycles. The first kappa shape index (κ1) is 22.2. The van der Waals surface area contributed by atoms with Gasteiger partial charge in [0, 0.05) is 12.1 Å². The van der Waals surface area contributed by atoms with Crippen LogP contribution in [0.2, 0.25) is 0 Å². The molecule has 2 amide bonds. The average Bonchev–Trinajstić information content (AvgIpc) is 3.16. The summed E-state index contributed by atoms with van der Waals surface area (Å²) in [6, 6.07) is 23.9. The fourth-order valence-electron chi connectivity index (χ4n) is 3.88. The van der Waals surface area contributed by atoms with Gasteiger partial charge in [-0.05, 0) is 60.7 Å². The quantitative estimate of drug-likeness (QED) is 0.541. The lowest BCUT2D eigenvalue weighted by Gasteiger charge is -2.24. The summed E-state index contributed by atoms with van der Waals surface area (Å²) in [6.07, 6.45) is 0. The maximum Gasteiger partial charge on any atom is 0.251 e. The van der Waals surface area contributed by atoms with E-state index in [9.17, 15) is 9.59 Å². The number of aryl methyl sites for hydroxylation is 2. The number of thioether (sulfide) groups is 1. The summed E-state index contributed by atoms with van der Waals surface area (Å²) in [4.78, 5) is 27.2. The minimum Gasteiger partial charge on any atom is -0.346 e. The van der Waals surface area contributed by atoms with Crippen LogP contribution in [0, 0.1) is 13.8 Å². The zero-order valence-electron chi connectivity index (χ0n) is 18.7. The Morgan fingerprint density at radius 2 is 1.75 bits per heavy atom. The van der Waals surface area contributed by atoms with Crippen LogP contribution in [0.25, 0.3) is 0 Å². The van der Waals surface area contributed by atoms with Crippen molar-refractivity contribution in [2.45, 2.75) is 38.7 Å². The van der Waals surface area contributed by atoms with Crippen LogP contribution in [0.3, 0.4) is 0 Å². The molecule has 1 aliphatic heterocycles. The number of carbonyl (C=O) groups is 2. The molecule has 4 rings (SSSR count). The summed E-state index contributed by atoms with van der Waals surface area (Å²) in [5.74, 6) is 0.527. The zero-order valence-corrected chi connectivity index (χ0v) is 19.5. The number of nitrogens with zero attached hydrogens (tertiary/aromatic N) is 1. The first-order chi connectivity index (χ1) is 15.4. The summed E-state index contributed by atoms with van der Waals surface area (Å²) in [5, 5.41) is 3.05. The van der Waals surface area contributed by atoms with Crippen molar-refractivity contribution in [3.8, 4) is 0 Å². The van der Waals surface area contributed by atoms with Gasteiger partial charge in [-0.1, -0.05) is 60.7 Å². The largest absolute Gasteiger partial charge is 0.346 e. The van der Waals surface area contributed by atoms with Crippen molar-refractivity contribution in [1.29, 1.82) is 0 Å². The van der Waals surface area contributed by atoms with E-state index in [4.69, 9.17) is 0 Å². The highest BCUT2D eigenvalue weighted by Gasteiger charge is 2.32. The van der Waals surface area contributed by atoms with Gasteiger partial charge < -0.3 is 10.2 Å². The van der Waals surface area contributed by atoms with Crippen LogP contribution in [-0.4, -0.2) is 22.5 Å². The van der Waals surface area contributed by atoms with Crippen LogP contribution in [0.5, 0.6) is 0 Å². The molecule has 1 aliphatic rings. The second-order valence-corrected chi connectivity index (χ2v) is 9.40. The monoisotopic (exact) mass is 444 g/mol. The van der Waals surface area contributed by atoms with Crippen molar-refractivity contribution < 1.29 is 9.59 Å². The SMILES string of the molecule is Cc1ccc([C@@H](C)NC(=O)c2ccc([C@@H]3SCC(=O)N3Cc3ccccc3)cc2)cc1C. The maximum atomic E-state index is 12.8. The van der Waals surface area contributed by atoms with E-state index in [0.29, 0.717) is 17.9 Å². The molecule has 5 heteroatoms. The highest BCUT2D eigenvalue weighted by Crippen LogP contribution is 2.39. The van der Waals surface area contributed by atoms with Crippen molar-refractivity contribution in [2.24, 2.45) is 0 Å². The van der Waals surface area contributed by atoms with Crippen molar-refractivity contribution in [3.05, 3.63) is 106 Å². The molecule has 0 spiro atoms. The Bertz CT molecular complexity index is 1110. The minimum absolute atomic E-state index is 0.0331. The van der Waals surface area contributed by atoms with Gasteiger partial charge in [0.15, 0.2) is 0 Å². The third kappa shape index (κ3) is 4.89. The number of hydrogen-bond donors (Lipinski definition) is 1. The second kappa shape index (κ2) is 9.61. The molecule has 0 radical (unpaired) electrons. The lowest BCUT2D eigenvalue weighted by Crippen LogP contribution is -2.28. The van der Waals surface area contributed by atoms with Crippen molar-refractivity contribution >= 4 is 23.6 Å². The van der Waals surface area contributed by atoms with Gasteiger partial charge in [-0.25, -0.2) is 0 Å². The van der Waals surface area contributed by atoms with Crippen LogP contribution in [0.15, 0.2) is 72.8 Å². The van der Waals surface area contributed by atoms with Gasteiger partial charge in [0.2, 0.25) is 5.91 Å². The first-order valence-corrected chi connectivity index (χ1v) is 11.9. The van der Waals surface area contributed by atoms with E-state index in [1.165, 1.54) is 11.1 Å². The van der Waals surface area contributed by atoms with Crippen LogP contribution in [0.1, 0.15) is 56.5 Å². The van der Waals surface area contributed by atoms with E-state index >= 15 is 0 Å². The Balaban J connectivity index is 1.44. The van der Waals surface area contributed by atoms with Crippen LogP contribution >= 0.6 is 11.8 Å². The zero-order chi connectivity index (χ0) is 22.7. The molecule has 0 aliphatic carbocycles. The topological polar surface area (TPSA) is 49.4 Å². The van der Waals surface area contributed by atoms with E-state index in [-0.39, 0.29) is 23.2 Å². The fourth-order valence-corrected chi connectivity index (χ4v) is 5.07. The number of amides is 2. The Hall–Kier alpha value is -3.05. The Labute approximate surface area is 194 Å². The van der Waals surface area contributed by atoms with Gasteiger partial charge in [-0.3, -0.25) is 9.59 Å². The molecule has 1 heterocycles. The van der Waals surface area contributed by atoms with Crippen molar-refractivity contribution in [2.75, 3.05) is 5.75 Å². The van der Waals surface area contributed by atoms with Crippen molar-refractivity contribution in [1.82, 2.24) is 10.2 Å². The molecule has 0 unspecified atom stereocenters. The second-order valence-electron chi connectivity index (χ2n) is 8.33. The molecule has 32 heavy (non-hydrogen) atoms. The van der Waals surface area contributed by atoms with Gasteiger partial charge >= 0.3 is 0 Å². The number of benzene rings is 3. The molecule has 2 atom stereocenters. The van der Waals surface area contributed by atoms with E-state index < -0.39 is 0 Å². The Morgan fingerprint density at radius 1 is 1.03 bits per heavy atom. The average molecular weight is 445 g/mol. The number of hydrogen-bond acceptors (Lipinski definition) is 3. The van der Waals surface area contributed by atoms with Crippen LogP contribution in [0.4, 0.5) is 0 Å². The van der Waals surface area contributed by atoms with Gasteiger partial charge in [0.05, 0.1) is 11.8 Å². The molecular formula is C27H28N2O2S. The van der Waals surface area contributed by atoms with E-state index in [1.807, 2.05) is 66.4 Å². The highest BCUT2D eigenvalue weighted by atomic mass is 32.2. The molecule has 3 aromatic carbocycles. The summed E-state index contributed by atoms with van der Waals surface area (Å²) in [7, 11) is 0. The molecule has 0 saturated carbocycles.